The molecule has 0 nitrogen and oxygen atoms in total. The van der Waals surface area contributed by atoms with Gasteiger partial charge in [0.1, 0.15) is 0 Å². The Morgan fingerprint density at radius 2 is 1.80 bits per heavy atom. The van der Waals surface area contributed by atoms with Crippen molar-refractivity contribution in [2.45, 2.75) is 34.1 Å². The first-order valence-corrected chi connectivity index (χ1v) is 5.45. The number of allylic oxidation sites excluding steroid dienone is 1. The van der Waals surface area contributed by atoms with Crippen LogP contribution in [-0.4, -0.2) is 0 Å². The van der Waals surface area contributed by atoms with E-state index in [0.29, 0.717) is 0 Å². The Balaban J connectivity index is 2.72. The van der Waals surface area contributed by atoms with Crippen LogP contribution in [0.5, 0.6) is 0 Å². The van der Waals surface area contributed by atoms with Crippen LogP contribution in [0.2, 0.25) is 0 Å². The Morgan fingerprint density at radius 3 is 2.33 bits per heavy atom. The topological polar surface area (TPSA) is 0 Å². The second kappa shape index (κ2) is 5.00. The molecule has 0 atom stereocenters. The fourth-order valence-electron chi connectivity index (χ4n) is 1.29. The average molecular weight is 200 g/mol. The number of benzene rings is 1. The van der Waals surface area contributed by atoms with E-state index < -0.39 is 0 Å². The summed E-state index contributed by atoms with van der Waals surface area (Å²) < 4.78 is 0. The van der Waals surface area contributed by atoms with Gasteiger partial charge in [0.05, 0.1) is 0 Å². The molecule has 0 aliphatic rings. The van der Waals surface area contributed by atoms with Crippen LogP contribution in [0.3, 0.4) is 0 Å². The summed E-state index contributed by atoms with van der Waals surface area (Å²) in [4.78, 5) is 0. The van der Waals surface area contributed by atoms with Gasteiger partial charge in [0.2, 0.25) is 0 Å². The van der Waals surface area contributed by atoms with E-state index in [2.05, 4.69) is 63.8 Å². The van der Waals surface area contributed by atoms with Crippen LogP contribution in [0.1, 0.15) is 33.3 Å². The van der Waals surface area contributed by atoms with E-state index in [9.17, 15) is 0 Å². The zero-order chi connectivity index (χ0) is 11.3. The molecule has 0 N–H and O–H groups in total. The largest absolute Gasteiger partial charge is 0.125 e. The third-order valence-corrected chi connectivity index (χ3v) is 2.06. The van der Waals surface area contributed by atoms with Crippen molar-refractivity contribution >= 4 is 0 Å². The number of hydrogen-bond donors (Lipinski definition) is 0. The minimum Gasteiger partial charge on any atom is -0.125 e. The van der Waals surface area contributed by atoms with Crippen molar-refractivity contribution in [3.05, 3.63) is 53.3 Å². The van der Waals surface area contributed by atoms with Crippen molar-refractivity contribution in [1.29, 1.82) is 0 Å². The molecule has 0 saturated carbocycles. The molecule has 0 aliphatic heterocycles. The number of rotatable bonds is 2. The lowest BCUT2D eigenvalue weighted by Gasteiger charge is -2.09. The van der Waals surface area contributed by atoms with Crippen LogP contribution >= 0.6 is 0 Å². The van der Waals surface area contributed by atoms with Crippen LogP contribution in [0.25, 0.3) is 0 Å². The van der Waals surface area contributed by atoms with E-state index >= 15 is 0 Å². The lowest BCUT2D eigenvalue weighted by atomic mass is 9.96. The minimum atomic E-state index is 0.220. The summed E-state index contributed by atoms with van der Waals surface area (Å²) in [7, 11) is 0. The quantitative estimate of drug-likeness (QED) is 0.622. The van der Waals surface area contributed by atoms with Crippen molar-refractivity contribution in [3.63, 3.8) is 0 Å². The second-order valence-electron chi connectivity index (χ2n) is 5.10. The zero-order valence-corrected chi connectivity index (χ0v) is 10.2. The Kier molecular flexibility index (Phi) is 3.94. The predicted octanol–water partition coefficient (Wildman–Crippen LogP) is 4.38. The summed E-state index contributed by atoms with van der Waals surface area (Å²) in [6.07, 6.45) is 3.14. The highest BCUT2D eigenvalue weighted by atomic mass is 14.1. The van der Waals surface area contributed by atoms with E-state index in [0.717, 1.165) is 6.42 Å². The smallest absolute Gasteiger partial charge is 0.000623 e. The molecule has 0 aromatic heterocycles. The van der Waals surface area contributed by atoms with Crippen molar-refractivity contribution in [3.8, 4) is 0 Å². The molecule has 1 aromatic carbocycles. The van der Waals surface area contributed by atoms with Gasteiger partial charge in [-0.15, -0.1) is 5.73 Å². The third-order valence-electron chi connectivity index (χ3n) is 2.06. The molecular formula is C15H20. The first-order chi connectivity index (χ1) is 6.97. The van der Waals surface area contributed by atoms with Gasteiger partial charge in [0, 0.05) is 6.42 Å². The maximum absolute atomic E-state index is 3.36. The minimum absolute atomic E-state index is 0.220. The molecular weight excluding hydrogens is 180 g/mol. The van der Waals surface area contributed by atoms with E-state index in [4.69, 9.17) is 0 Å². The van der Waals surface area contributed by atoms with Gasteiger partial charge in [-0.25, -0.2) is 0 Å². The fourth-order valence-corrected chi connectivity index (χ4v) is 1.29. The maximum atomic E-state index is 3.36. The van der Waals surface area contributed by atoms with Crippen LogP contribution in [-0.2, 0) is 6.42 Å². The zero-order valence-electron chi connectivity index (χ0n) is 10.2. The Labute approximate surface area is 93.3 Å². The fraction of sp³-hybridized carbons (Fsp3) is 0.400. The van der Waals surface area contributed by atoms with Crippen molar-refractivity contribution in [1.82, 2.24) is 0 Å². The van der Waals surface area contributed by atoms with Crippen molar-refractivity contribution in [2.24, 2.45) is 5.41 Å². The van der Waals surface area contributed by atoms with Crippen molar-refractivity contribution in [2.75, 3.05) is 0 Å². The summed E-state index contributed by atoms with van der Waals surface area (Å²) in [5.41, 5.74) is 6.22. The van der Waals surface area contributed by atoms with Crippen LogP contribution in [0, 0.1) is 5.41 Å². The summed E-state index contributed by atoms with van der Waals surface area (Å²) in [5.74, 6) is 0. The molecule has 0 saturated heterocycles. The highest BCUT2D eigenvalue weighted by molar-refractivity contribution is 5.20. The van der Waals surface area contributed by atoms with E-state index in [-0.39, 0.29) is 5.41 Å². The SMILES string of the molecule is CC(=C=CC(C)(C)C)Cc1ccccc1. The predicted molar refractivity (Wildman–Crippen MR) is 66.9 cm³/mol. The monoisotopic (exact) mass is 200 g/mol. The van der Waals surface area contributed by atoms with Gasteiger partial charge >= 0.3 is 0 Å². The van der Waals surface area contributed by atoms with Gasteiger partial charge in [0.25, 0.3) is 0 Å². The molecule has 15 heavy (non-hydrogen) atoms. The molecule has 0 unspecified atom stereocenters. The molecule has 1 rings (SSSR count). The molecule has 0 amide bonds. The molecule has 0 heterocycles. The highest BCUT2D eigenvalue weighted by Gasteiger charge is 2.02. The second-order valence-corrected chi connectivity index (χ2v) is 5.10. The molecule has 0 radical (unpaired) electrons. The van der Waals surface area contributed by atoms with E-state index in [1.54, 1.807) is 0 Å². The third kappa shape index (κ3) is 5.24. The standard InChI is InChI=1S/C15H20/c1-13(10-11-15(2,3)4)12-14-8-6-5-7-9-14/h5-9,11H,12H2,1-4H3. The molecule has 1 aromatic rings. The molecule has 0 aliphatic carbocycles. The van der Waals surface area contributed by atoms with Gasteiger partial charge in [0.15, 0.2) is 0 Å². The molecule has 0 fully saturated rings. The van der Waals surface area contributed by atoms with Gasteiger partial charge in [-0.2, -0.15) is 0 Å². The van der Waals surface area contributed by atoms with Crippen LogP contribution in [0.15, 0.2) is 47.7 Å². The number of hydrogen-bond acceptors (Lipinski definition) is 0. The van der Waals surface area contributed by atoms with Crippen LogP contribution in [0.4, 0.5) is 0 Å². The van der Waals surface area contributed by atoms with E-state index in [1.807, 2.05) is 6.07 Å². The highest BCUT2D eigenvalue weighted by Crippen LogP contribution is 2.14. The molecule has 0 heteroatoms. The van der Waals surface area contributed by atoms with Crippen LogP contribution < -0.4 is 0 Å². The summed E-state index contributed by atoms with van der Waals surface area (Å²) in [5, 5.41) is 0. The summed E-state index contributed by atoms with van der Waals surface area (Å²) in [6.45, 7) is 8.70. The Morgan fingerprint density at radius 1 is 1.20 bits per heavy atom. The Hall–Kier alpha value is -1.26. The first kappa shape index (κ1) is 11.8. The maximum Gasteiger partial charge on any atom is 0.000623 e. The Bertz CT molecular complexity index is 357. The lowest BCUT2D eigenvalue weighted by molar-refractivity contribution is 0.544. The van der Waals surface area contributed by atoms with Gasteiger partial charge in [-0.3, -0.25) is 0 Å². The van der Waals surface area contributed by atoms with Crippen molar-refractivity contribution < 1.29 is 0 Å². The normalized spacial score (nSPS) is 10.7. The van der Waals surface area contributed by atoms with Gasteiger partial charge in [-0.05, 0) is 29.6 Å². The summed E-state index contributed by atoms with van der Waals surface area (Å²) >= 11 is 0. The molecule has 80 valence electrons. The average Bonchev–Trinajstić information content (AvgIpc) is 2.15. The first-order valence-electron chi connectivity index (χ1n) is 5.45. The van der Waals surface area contributed by atoms with Gasteiger partial charge in [-0.1, -0.05) is 51.1 Å². The van der Waals surface area contributed by atoms with Gasteiger partial charge < -0.3 is 0 Å². The molecule has 0 spiro atoms. The lowest BCUT2D eigenvalue weighted by Crippen LogP contribution is -1.97. The van der Waals surface area contributed by atoms with E-state index in [1.165, 1.54) is 11.1 Å². The molecule has 0 bridgehead atoms. The summed E-state index contributed by atoms with van der Waals surface area (Å²) in [6, 6.07) is 10.5.